The molecule has 3 aromatic rings. The van der Waals surface area contributed by atoms with Crippen LogP contribution in [0.2, 0.25) is 0 Å². The molecule has 0 saturated heterocycles. The number of aliphatic carboxylic acids is 1. The summed E-state index contributed by atoms with van der Waals surface area (Å²) < 4.78 is 6.38. The molecule has 0 radical (unpaired) electrons. The van der Waals surface area contributed by atoms with Crippen molar-refractivity contribution in [3.05, 3.63) is 112 Å². The first-order valence-electron chi connectivity index (χ1n) is 17.0. The molecule has 4 atom stereocenters. The lowest BCUT2D eigenvalue weighted by Crippen LogP contribution is -2.50. The Balaban J connectivity index is 1.53. The Morgan fingerprint density at radius 3 is 1.87 bits per heavy atom. The van der Waals surface area contributed by atoms with E-state index in [9.17, 15) is 45.3 Å². The van der Waals surface area contributed by atoms with Crippen molar-refractivity contribution in [1.29, 1.82) is 0 Å². The monoisotopic (exact) mass is 774 g/mol. The number of carbonyl (C=O) groups is 2. The zero-order valence-electron chi connectivity index (χ0n) is 30.4. The number of allylic oxidation sites excluding steroid dienone is 3. The van der Waals surface area contributed by atoms with E-state index in [1.807, 2.05) is 74.4 Å². The predicted octanol–water partition coefficient (Wildman–Crippen LogP) is 2.60. The smallest absolute Gasteiger partial charge is 0.336 e. The molecule has 0 bridgehead atoms. The van der Waals surface area contributed by atoms with Crippen LogP contribution in [0.4, 0.5) is 11.4 Å². The van der Waals surface area contributed by atoms with Crippen molar-refractivity contribution in [3.63, 3.8) is 0 Å². The molecular formula is C39H42N4O11S. The number of hydroxylamine groups is 2. The lowest BCUT2D eigenvalue weighted by molar-refractivity contribution is -0.160. The van der Waals surface area contributed by atoms with E-state index in [1.165, 1.54) is 30.3 Å². The second kappa shape index (κ2) is 17.3. The van der Waals surface area contributed by atoms with Gasteiger partial charge in [-0.3, -0.25) is 4.84 Å². The van der Waals surface area contributed by atoms with E-state index < -0.39 is 49.5 Å². The van der Waals surface area contributed by atoms with Gasteiger partial charge >= 0.3 is 11.9 Å². The van der Waals surface area contributed by atoms with Gasteiger partial charge in [0.2, 0.25) is 5.11 Å². The molecule has 1 heterocycles. The van der Waals surface area contributed by atoms with Gasteiger partial charge < -0.3 is 50.3 Å². The van der Waals surface area contributed by atoms with Gasteiger partial charge in [0.15, 0.2) is 0 Å². The maximum absolute atomic E-state index is 12.9. The summed E-state index contributed by atoms with van der Waals surface area (Å²) >= 11 is 5.55. The summed E-state index contributed by atoms with van der Waals surface area (Å²) in [4.78, 5) is 38.3. The van der Waals surface area contributed by atoms with Crippen LogP contribution >= 0.6 is 12.2 Å². The molecule has 1 aliphatic carbocycles. The number of aliphatic hydroxyl groups is 5. The van der Waals surface area contributed by atoms with Crippen LogP contribution in [0, 0.1) is 0 Å². The fourth-order valence-electron chi connectivity index (χ4n) is 5.80. The first-order chi connectivity index (χ1) is 26.1. The number of fused-ring (bicyclic) bond motifs is 2. The van der Waals surface area contributed by atoms with Crippen molar-refractivity contribution >= 4 is 51.9 Å². The Kier molecular flexibility index (Phi) is 12.8. The highest BCUT2D eigenvalue weighted by atomic mass is 32.1. The maximum Gasteiger partial charge on any atom is 0.336 e. The summed E-state index contributed by atoms with van der Waals surface area (Å²) in [5.41, 5.74) is 4.67. The molecule has 55 heavy (non-hydrogen) atoms. The molecule has 5 rings (SSSR count). The SMILES string of the molecule is CN(C)c1ccc2c(c1)Oc1cc(N(C)C)ccc1C2=C1C=C/C(=N/C(=S)N(C[C@H](O)[C@@H](O)[C@@H](O)[C@H](O)CO)OCc2ccc(C(=O)O)cc2)C=C1C(=O)O. The first kappa shape index (κ1) is 40.7. The van der Waals surface area contributed by atoms with Crippen molar-refractivity contribution in [3.8, 4) is 11.5 Å². The number of nitrogens with zero attached hydrogens (tertiary/aromatic N) is 4. The van der Waals surface area contributed by atoms with Gasteiger partial charge in [-0.1, -0.05) is 18.2 Å². The summed E-state index contributed by atoms with van der Waals surface area (Å²) in [5.74, 6) is -1.29. The first-order valence-corrected chi connectivity index (χ1v) is 17.4. The minimum absolute atomic E-state index is 0.0429. The topological polar surface area (TPSA) is 216 Å². The second-order valence-corrected chi connectivity index (χ2v) is 13.6. The molecule has 0 unspecified atom stereocenters. The van der Waals surface area contributed by atoms with Crippen LogP contribution in [-0.2, 0) is 16.2 Å². The molecule has 0 saturated carbocycles. The molecule has 15 nitrogen and oxygen atoms in total. The zero-order valence-corrected chi connectivity index (χ0v) is 31.2. The fraction of sp³-hybridized carbons (Fsp3) is 0.282. The molecule has 0 aromatic heterocycles. The Morgan fingerprint density at radius 1 is 0.800 bits per heavy atom. The Labute approximate surface area is 322 Å². The van der Waals surface area contributed by atoms with Crippen LogP contribution in [-0.4, -0.2) is 129 Å². The van der Waals surface area contributed by atoms with E-state index in [0.29, 0.717) is 39.3 Å². The van der Waals surface area contributed by atoms with Crippen LogP contribution < -0.4 is 14.5 Å². The third-order valence-electron chi connectivity index (χ3n) is 8.93. The van der Waals surface area contributed by atoms with Gasteiger partial charge in [0.05, 0.1) is 30.0 Å². The van der Waals surface area contributed by atoms with Crippen molar-refractivity contribution < 1.29 is 54.9 Å². The molecule has 290 valence electrons. The average Bonchev–Trinajstić information content (AvgIpc) is 3.16. The van der Waals surface area contributed by atoms with Crippen molar-refractivity contribution in [1.82, 2.24) is 5.06 Å². The fourth-order valence-corrected chi connectivity index (χ4v) is 6.03. The van der Waals surface area contributed by atoms with E-state index in [-0.39, 0.29) is 28.6 Å². The molecule has 2 aliphatic rings. The minimum atomic E-state index is -1.95. The molecule has 0 fully saturated rings. The second-order valence-electron chi connectivity index (χ2n) is 13.2. The van der Waals surface area contributed by atoms with Crippen molar-refractivity contribution in [2.24, 2.45) is 4.99 Å². The summed E-state index contributed by atoms with van der Waals surface area (Å²) in [6, 6.07) is 17.1. The lowest BCUT2D eigenvalue weighted by atomic mass is 9.84. The third kappa shape index (κ3) is 9.26. The van der Waals surface area contributed by atoms with E-state index in [1.54, 1.807) is 12.2 Å². The quantitative estimate of drug-likeness (QED) is 0.0768. The standard InChI is InChI=1S/C39H42N4O11S/c1-41(2)24-10-13-27-32(16-24)54-33-17-25(42(3)4)11-14-28(33)34(27)26-12-9-23(15-29(26)38(51)52)40-39(55)43(18-30(45)35(47)36(48)31(46)19-44)53-20-21-5-7-22(8-6-21)37(49)50/h5-17,30-31,35-36,44-48H,18-20H2,1-4H3,(H,49,50)(H,51,52)/b40-23-/t30-,31+,35+,36-/m0/s1. The highest BCUT2D eigenvalue weighted by molar-refractivity contribution is 7.80. The molecular weight excluding hydrogens is 733 g/mol. The lowest BCUT2D eigenvalue weighted by Gasteiger charge is -2.30. The summed E-state index contributed by atoms with van der Waals surface area (Å²) in [6.07, 6.45) is -2.91. The number of carboxylic acid groups (broad SMARTS) is 2. The Morgan fingerprint density at radius 2 is 1.36 bits per heavy atom. The molecule has 16 heteroatoms. The van der Waals surface area contributed by atoms with Crippen LogP contribution in [0.1, 0.15) is 27.0 Å². The largest absolute Gasteiger partial charge is 0.478 e. The number of hydrogen-bond acceptors (Lipinski definition) is 12. The van der Waals surface area contributed by atoms with E-state index in [4.69, 9.17) is 21.8 Å². The van der Waals surface area contributed by atoms with Gasteiger partial charge in [0.25, 0.3) is 0 Å². The zero-order chi connectivity index (χ0) is 40.1. The predicted molar refractivity (Wildman–Crippen MR) is 209 cm³/mol. The summed E-state index contributed by atoms with van der Waals surface area (Å²) in [5, 5.41) is 70.8. The van der Waals surface area contributed by atoms with Gasteiger partial charge in [0, 0.05) is 68.4 Å². The van der Waals surface area contributed by atoms with Crippen LogP contribution in [0.5, 0.6) is 11.5 Å². The van der Waals surface area contributed by atoms with Crippen LogP contribution in [0.15, 0.2) is 95.0 Å². The van der Waals surface area contributed by atoms with E-state index in [2.05, 4.69) is 4.99 Å². The van der Waals surface area contributed by atoms with Crippen molar-refractivity contribution in [2.45, 2.75) is 31.0 Å². The van der Waals surface area contributed by atoms with Gasteiger partial charge in [-0.2, -0.15) is 0 Å². The molecule has 7 N–H and O–H groups in total. The number of thiocarbonyl (C=S) groups is 1. The number of rotatable bonds is 13. The van der Waals surface area contributed by atoms with Crippen LogP contribution in [0.3, 0.4) is 0 Å². The number of carboxylic acids is 2. The number of anilines is 2. The maximum atomic E-state index is 12.9. The highest BCUT2D eigenvalue weighted by Crippen LogP contribution is 2.48. The highest BCUT2D eigenvalue weighted by Gasteiger charge is 2.33. The van der Waals surface area contributed by atoms with Gasteiger partial charge in [0.1, 0.15) is 42.5 Å². The van der Waals surface area contributed by atoms with Crippen LogP contribution in [0.25, 0.3) is 5.57 Å². The summed E-state index contributed by atoms with van der Waals surface area (Å²) in [7, 11) is 7.62. The van der Waals surface area contributed by atoms with Gasteiger partial charge in [-0.25, -0.2) is 19.6 Å². The number of hydrogen-bond donors (Lipinski definition) is 7. The Bertz CT molecular complexity index is 2020. The number of ether oxygens (including phenoxy) is 1. The van der Waals surface area contributed by atoms with E-state index >= 15 is 0 Å². The van der Waals surface area contributed by atoms with Crippen molar-refractivity contribution in [2.75, 3.05) is 51.1 Å². The third-order valence-corrected chi connectivity index (χ3v) is 9.22. The van der Waals surface area contributed by atoms with Gasteiger partial charge in [-0.05, 0) is 71.9 Å². The summed E-state index contributed by atoms with van der Waals surface area (Å²) in [6.45, 7) is -1.68. The number of aliphatic imine (C=N–C) groups is 1. The Hall–Kier alpha value is -5.46. The van der Waals surface area contributed by atoms with Gasteiger partial charge in [-0.15, -0.1) is 0 Å². The molecule has 0 amide bonds. The molecule has 1 aliphatic heterocycles. The number of aromatic carboxylic acids is 1. The molecule has 3 aromatic carbocycles. The normalized spacial score (nSPS) is 16.2. The number of aliphatic hydroxyl groups excluding tert-OH is 5. The average molecular weight is 775 g/mol. The molecule has 0 spiro atoms. The van der Waals surface area contributed by atoms with E-state index in [0.717, 1.165) is 16.4 Å². The number of benzene rings is 3. The minimum Gasteiger partial charge on any atom is -0.478 e.